The Morgan fingerprint density at radius 1 is 1.35 bits per heavy atom. The van der Waals surface area contributed by atoms with E-state index in [1.165, 1.54) is 5.56 Å². The minimum atomic E-state index is 0.388. The molecule has 1 aromatic heterocycles. The van der Waals surface area contributed by atoms with Crippen molar-refractivity contribution in [1.29, 1.82) is 0 Å². The number of rotatable bonds is 3. The standard InChI is InChI=1S/C14H13NO2/c1-4-5-12-13(15-17-14(12)16-3)11-8-6-10(2)7-9-11/h1,6-9H,5H2,2-3H3. The van der Waals surface area contributed by atoms with Crippen molar-refractivity contribution in [3.05, 3.63) is 35.4 Å². The van der Waals surface area contributed by atoms with Crippen molar-refractivity contribution in [1.82, 2.24) is 5.16 Å². The molecule has 0 aliphatic heterocycles. The van der Waals surface area contributed by atoms with Gasteiger partial charge in [-0.1, -0.05) is 35.0 Å². The van der Waals surface area contributed by atoms with Crippen LogP contribution in [0.3, 0.4) is 0 Å². The molecule has 0 saturated carbocycles. The molecule has 0 radical (unpaired) electrons. The second kappa shape index (κ2) is 4.75. The van der Waals surface area contributed by atoms with Gasteiger partial charge in [0.05, 0.1) is 12.7 Å². The van der Waals surface area contributed by atoms with E-state index < -0.39 is 0 Å². The van der Waals surface area contributed by atoms with Crippen molar-refractivity contribution in [2.75, 3.05) is 7.11 Å². The smallest absolute Gasteiger partial charge is 0.315 e. The fraction of sp³-hybridized carbons (Fsp3) is 0.214. The third-order valence-corrected chi connectivity index (χ3v) is 2.54. The average Bonchev–Trinajstić information content (AvgIpc) is 2.74. The maximum Gasteiger partial charge on any atom is 0.315 e. The lowest BCUT2D eigenvalue weighted by atomic mass is 10.0. The number of hydrogen-bond acceptors (Lipinski definition) is 3. The zero-order valence-electron chi connectivity index (χ0n) is 9.86. The summed E-state index contributed by atoms with van der Waals surface area (Å²) in [6.07, 6.45) is 5.78. The molecule has 1 aromatic carbocycles. The molecule has 2 aromatic rings. The van der Waals surface area contributed by atoms with Crippen LogP contribution in [-0.2, 0) is 6.42 Å². The zero-order chi connectivity index (χ0) is 12.3. The maximum absolute atomic E-state index is 5.34. The van der Waals surface area contributed by atoms with Gasteiger partial charge in [0.25, 0.3) is 0 Å². The number of ether oxygens (including phenoxy) is 1. The van der Waals surface area contributed by atoms with Gasteiger partial charge in [0.15, 0.2) is 0 Å². The normalized spacial score (nSPS) is 9.94. The molecule has 0 spiro atoms. The monoisotopic (exact) mass is 227 g/mol. The summed E-state index contributed by atoms with van der Waals surface area (Å²) in [6.45, 7) is 2.04. The second-order valence-electron chi connectivity index (χ2n) is 3.75. The van der Waals surface area contributed by atoms with E-state index in [1.807, 2.05) is 31.2 Å². The van der Waals surface area contributed by atoms with E-state index >= 15 is 0 Å². The lowest BCUT2D eigenvalue weighted by Gasteiger charge is -2.00. The molecule has 0 saturated heterocycles. The molecule has 0 bridgehead atoms. The SMILES string of the molecule is C#CCc1c(-c2ccc(C)cc2)noc1OC. The molecule has 3 heteroatoms. The predicted octanol–water partition coefficient (Wildman–Crippen LogP) is 2.83. The van der Waals surface area contributed by atoms with E-state index in [0.29, 0.717) is 12.4 Å². The summed E-state index contributed by atoms with van der Waals surface area (Å²) in [7, 11) is 1.54. The Bertz CT molecular complexity index is 547. The van der Waals surface area contributed by atoms with Crippen molar-refractivity contribution < 1.29 is 9.26 Å². The number of methoxy groups -OCH3 is 1. The minimum Gasteiger partial charge on any atom is -0.467 e. The van der Waals surface area contributed by atoms with Gasteiger partial charge in [-0.15, -0.1) is 12.3 Å². The Morgan fingerprint density at radius 2 is 2.06 bits per heavy atom. The first-order valence-electron chi connectivity index (χ1n) is 5.29. The molecular formula is C14H13NO2. The Morgan fingerprint density at radius 3 is 2.65 bits per heavy atom. The van der Waals surface area contributed by atoms with Crippen molar-refractivity contribution in [2.45, 2.75) is 13.3 Å². The van der Waals surface area contributed by atoms with E-state index in [-0.39, 0.29) is 0 Å². The summed E-state index contributed by atoms with van der Waals surface area (Å²) in [4.78, 5) is 0. The molecule has 2 rings (SSSR count). The number of nitrogens with zero attached hydrogens (tertiary/aromatic N) is 1. The first-order valence-corrected chi connectivity index (χ1v) is 5.29. The summed E-state index contributed by atoms with van der Waals surface area (Å²) in [5.74, 6) is 2.97. The Balaban J connectivity index is 2.48. The molecule has 17 heavy (non-hydrogen) atoms. The third kappa shape index (κ3) is 2.16. The first kappa shape index (κ1) is 11.3. The molecule has 0 atom stereocenters. The van der Waals surface area contributed by atoms with Crippen LogP contribution in [0.1, 0.15) is 11.1 Å². The van der Waals surface area contributed by atoms with Crippen LogP contribution in [0, 0.1) is 19.3 Å². The first-order chi connectivity index (χ1) is 8.26. The Hall–Kier alpha value is -2.21. The van der Waals surface area contributed by atoms with Crippen LogP contribution >= 0.6 is 0 Å². The maximum atomic E-state index is 5.34. The molecule has 0 amide bonds. The highest BCUT2D eigenvalue weighted by atomic mass is 16.6. The topological polar surface area (TPSA) is 35.3 Å². The molecule has 3 nitrogen and oxygen atoms in total. The van der Waals surface area contributed by atoms with Gasteiger partial charge >= 0.3 is 5.95 Å². The van der Waals surface area contributed by atoms with Crippen molar-refractivity contribution >= 4 is 0 Å². The lowest BCUT2D eigenvalue weighted by Crippen LogP contribution is -1.89. The highest BCUT2D eigenvalue weighted by molar-refractivity contribution is 5.65. The van der Waals surface area contributed by atoms with Crippen LogP contribution in [0.25, 0.3) is 11.3 Å². The summed E-state index contributed by atoms with van der Waals surface area (Å²) in [6, 6.07) is 8.03. The van der Waals surface area contributed by atoms with Gasteiger partial charge in [-0.25, -0.2) is 0 Å². The summed E-state index contributed by atoms with van der Waals surface area (Å²) < 4.78 is 10.2. The number of aryl methyl sites for hydroxylation is 1. The number of terminal acetylenes is 1. The summed E-state index contributed by atoms with van der Waals surface area (Å²) in [5.41, 5.74) is 3.74. The number of aromatic nitrogens is 1. The predicted molar refractivity (Wildman–Crippen MR) is 65.8 cm³/mol. The van der Waals surface area contributed by atoms with Crippen LogP contribution in [0.2, 0.25) is 0 Å². The molecule has 0 fully saturated rings. The van der Waals surface area contributed by atoms with E-state index in [0.717, 1.165) is 16.8 Å². The van der Waals surface area contributed by atoms with Gasteiger partial charge in [-0.2, -0.15) is 0 Å². The third-order valence-electron chi connectivity index (χ3n) is 2.54. The molecule has 0 N–H and O–H groups in total. The second-order valence-corrected chi connectivity index (χ2v) is 3.75. The van der Waals surface area contributed by atoms with Gasteiger partial charge < -0.3 is 9.26 Å². The van der Waals surface area contributed by atoms with Crippen LogP contribution in [0.5, 0.6) is 5.95 Å². The van der Waals surface area contributed by atoms with Crippen LogP contribution in [0.4, 0.5) is 0 Å². The van der Waals surface area contributed by atoms with Gasteiger partial charge in [-0.3, -0.25) is 0 Å². The van der Waals surface area contributed by atoms with Crippen molar-refractivity contribution in [2.24, 2.45) is 0 Å². The average molecular weight is 227 g/mol. The fourth-order valence-electron chi connectivity index (χ4n) is 1.65. The van der Waals surface area contributed by atoms with E-state index in [2.05, 4.69) is 11.1 Å². The molecular weight excluding hydrogens is 214 g/mol. The van der Waals surface area contributed by atoms with Crippen molar-refractivity contribution in [3.8, 4) is 29.5 Å². The van der Waals surface area contributed by atoms with E-state index in [4.69, 9.17) is 15.7 Å². The molecule has 0 aliphatic rings. The van der Waals surface area contributed by atoms with Gasteiger partial charge in [0.1, 0.15) is 5.69 Å². The van der Waals surface area contributed by atoms with Gasteiger partial charge in [0, 0.05) is 12.0 Å². The Kier molecular flexibility index (Phi) is 3.15. The molecule has 0 unspecified atom stereocenters. The fourth-order valence-corrected chi connectivity index (χ4v) is 1.65. The van der Waals surface area contributed by atoms with Gasteiger partial charge in [-0.05, 0) is 6.92 Å². The largest absolute Gasteiger partial charge is 0.467 e. The van der Waals surface area contributed by atoms with Gasteiger partial charge in [0.2, 0.25) is 0 Å². The van der Waals surface area contributed by atoms with E-state index in [1.54, 1.807) is 7.11 Å². The Labute approximate surface area is 100 Å². The highest BCUT2D eigenvalue weighted by Gasteiger charge is 2.16. The highest BCUT2D eigenvalue weighted by Crippen LogP contribution is 2.30. The zero-order valence-corrected chi connectivity index (χ0v) is 9.86. The molecule has 0 aliphatic carbocycles. The number of hydrogen-bond donors (Lipinski definition) is 0. The van der Waals surface area contributed by atoms with Crippen molar-refractivity contribution in [3.63, 3.8) is 0 Å². The quantitative estimate of drug-likeness (QED) is 0.756. The number of benzene rings is 1. The van der Waals surface area contributed by atoms with Crippen LogP contribution in [-0.4, -0.2) is 12.3 Å². The lowest BCUT2D eigenvalue weighted by molar-refractivity contribution is 0.259. The molecule has 86 valence electrons. The van der Waals surface area contributed by atoms with Crippen LogP contribution in [0.15, 0.2) is 28.8 Å². The van der Waals surface area contributed by atoms with E-state index in [9.17, 15) is 0 Å². The van der Waals surface area contributed by atoms with Crippen LogP contribution < -0.4 is 4.74 Å². The summed E-state index contributed by atoms with van der Waals surface area (Å²) in [5, 5.41) is 4.01. The summed E-state index contributed by atoms with van der Waals surface area (Å²) >= 11 is 0. The minimum absolute atomic E-state index is 0.388. The molecule has 1 heterocycles.